The van der Waals surface area contributed by atoms with E-state index in [1.165, 1.54) is 0 Å². The Balaban J connectivity index is 1.45. The highest BCUT2D eigenvalue weighted by Crippen LogP contribution is 2.22. The Morgan fingerprint density at radius 3 is 2.29 bits per heavy atom. The fourth-order valence-electron chi connectivity index (χ4n) is 4.56. The second kappa shape index (κ2) is 15.0. The molecule has 0 unspecified atom stereocenters. The van der Waals surface area contributed by atoms with Gasteiger partial charge in [0.2, 0.25) is 5.91 Å². The van der Waals surface area contributed by atoms with Gasteiger partial charge in [-0.15, -0.1) is 0 Å². The zero-order valence-corrected chi connectivity index (χ0v) is 25.8. The largest absolute Gasteiger partial charge is 0.460 e. The number of carbonyl (C=O) groups excluding carboxylic acids is 3. The molecule has 236 valence electrons. The van der Waals surface area contributed by atoms with E-state index < -0.39 is 29.3 Å². The molecule has 1 atom stereocenters. The van der Waals surface area contributed by atoms with E-state index in [-0.39, 0.29) is 36.8 Å². The normalized spacial score (nSPS) is 11.8. The summed E-state index contributed by atoms with van der Waals surface area (Å²) in [5.74, 6) is -0.796. The molecule has 45 heavy (non-hydrogen) atoms. The van der Waals surface area contributed by atoms with Crippen molar-refractivity contribution >= 4 is 40.6 Å². The summed E-state index contributed by atoms with van der Waals surface area (Å²) in [7, 11) is 0. The summed E-state index contributed by atoms with van der Waals surface area (Å²) in [6.07, 6.45) is 0.122. The number of aryl methyl sites for hydroxylation is 1. The maximum Gasteiger partial charge on any atom is 0.408 e. The molecule has 0 aliphatic carbocycles. The van der Waals surface area contributed by atoms with Crippen molar-refractivity contribution in [1.29, 1.82) is 0 Å². The van der Waals surface area contributed by atoms with Gasteiger partial charge in [0, 0.05) is 25.1 Å². The molecule has 0 aliphatic heterocycles. The molecule has 3 aromatic carbocycles. The first-order valence-corrected chi connectivity index (χ1v) is 14.7. The second-order valence-corrected chi connectivity index (χ2v) is 11.5. The van der Waals surface area contributed by atoms with Crippen LogP contribution in [0.1, 0.15) is 50.3 Å². The van der Waals surface area contributed by atoms with Crippen molar-refractivity contribution in [3.05, 3.63) is 99.9 Å². The summed E-state index contributed by atoms with van der Waals surface area (Å²) in [6, 6.07) is 20.8. The number of alkyl carbamates (subject to hydrolysis) is 1. The molecule has 1 heterocycles. The molecule has 0 saturated heterocycles. The van der Waals surface area contributed by atoms with E-state index >= 15 is 0 Å². The topological polar surface area (TPSA) is 149 Å². The van der Waals surface area contributed by atoms with Crippen LogP contribution in [-0.4, -0.2) is 41.1 Å². The van der Waals surface area contributed by atoms with Gasteiger partial charge >= 0.3 is 17.7 Å². The van der Waals surface area contributed by atoms with E-state index in [1.54, 1.807) is 39.8 Å². The second-order valence-electron chi connectivity index (χ2n) is 11.5. The molecule has 0 bridgehead atoms. The Morgan fingerprint density at radius 2 is 1.62 bits per heavy atom. The van der Waals surface area contributed by atoms with E-state index in [4.69, 9.17) is 13.9 Å². The van der Waals surface area contributed by atoms with Crippen molar-refractivity contribution < 1.29 is 28.3 Å². The Hall–Kier alpha value is -5.19. The number of ether oxygens (including phenoxy) is 2. The fourth-order valence-corrected chi connectivity index (χ4v) is 4.56. The van der Waals surface area contributed by atoms with E-state index in [1.807, 2.05) is 60.7 Å². The summed E-state index contributed by atoms with van der Waals surface area (Å²) < 4.78 is 16.0. The third-order valence-electron chi connectivity index (χ3n) is 6.56. The molecule has 11 nitrogen and oxygen atoms in total. The lowest BCUT2D eigenvalue weighted by Gasteiger charge is -2.19. The number of hydrogen-bond donors (Lipinski definition) is 3. The number of aromatic nitrogens is 1. The lowest BCUT2D eigenvalue weighted by Crippen LogP contribution is -2.45. The molecule has 0 aliphatic rings. The highest BCUT2D eigenvalue weighted by atomic mass is 16.6. The average Bonchev–Trinajstić information content (AvgIpc) is 2.98. The van der Waals surface area contributed by atoms with E-state index in [9.17, 15) is 19.2 Å². The summed E-state index contributed by atoms with van der Waals surface area (Å²) >= 11 is 0. The summed E-state index contributed by atoms with van der Waals surface area (Å²) in [5, 5.41) is 8.73. The third kappa shape index (κ3) is 10.2. The molecule has 4 aromatic rings. The third-order valence-corrected chi connectivity index (χ3v) is 6.56. The first kappa shape index (κ1) is 32.7. The van der Waals surface area contributed by atoms with E-state index in [0.717, 1.165) is 11.1 Å². The highest BCUT2D eigenvalue weighted by molar-refractivity contribution is 5.98. The molecule has 2 amide bonds. The van der Waals surface area contributed by atoms with Crippen molar-refractivity contribution in [1.82, 2.24) is 10.3 Å². The van der Waals surface area contributed by atoms with E-state index in [0.29, 0.717) is 29.7 Å². The van der Waals surface area contributed by atoms with Crippen molar-refractivity contribution in [2.75, 3.05) is 17.2 Å². The lowest BCUT2D eigenvalue weighted by atomic mass is 10.0. The van der Waals surface area contributed by atoms with Gasteiger partial charge in [-0.25, -0.2) is 9.59 Å². The van der Waals surface area contributed by atoms with Gasteiger partial charge in [0.05, 0.1) is 10.9 Å². The van der Waals surface area contributed by atoms with Gasteiger partial charge in [-0.05, 0) is 62.9 Å². The first-order valence-electron chi connectivity index (χ1n) is 14.7. The monoisotopic (exact) mass is 614 g/mol. The van der Waals surface area contributed by atoms with Crippen LogP contribution >= 0.6 is 0 Å². The van der Waals surface area contributed by atoms with Crippen molar-refractivity contribution in [3.63, 3.8) is 0 Å². The van der Waals surface area contributed by atoms with Gasteiger partial charge in [-0.3, -0.25) is 9.59 Å². The number of benzene rings is 3. The maximum atomic E-state index is 13.5. The fraction of sp³-hybridized carbons (Fsp3) is 0.324. The predicted octanol–water partition coefficient (Wildman–Crippen LogP) is 5.51. The van der Waals surface area contributed by atoms with Gasteiger partial charge in [0.1, 0.15) is 18.2 Å². The van der Waals surface area contributed by atoms with Crippen LogP contribution in [0.25, 0.3) is 10.9 Å². The number of nitrogens with one attached hydrogen (secondary N) is 3. The lowest BCUT2D eigenvalue weighted by molar-refractivity contribution is -0.154. The zero-order valence-electron chi connectivity index (χ0n) is 25.8. The number of hydrogen-bond acceptors (Lipinski definition) is 9. The van der Waals surface area contributed by atoms with Crippen molar-refractivity contribution in [2.24, 2.45) is 0 Å². The average molecular weight is 615 g/mol. The Bertz CT molecular complexity index is 1680. The van der Waals surface area contributed by atoms with Crippen LogP contribution in [0.2, 0.25) is 0 Å². The van der Waals surface area contributed by atoms with Crippen LogP contribution in [0.4, 0.5) is 16.5 Å². The number of esters is 1. The Labute approximate surface area is 261 Å². The van der Waals surface area contributed by atoms with Crippen molar-refractivity contribution in [2.45, 2.75) is 65.2 Å². The van der Waals surface area contributed by atoms with Gasteiger partial charge in [-0.2, -0.15) is 4.98 Å². The number of rotatable bonds is 12. The quantitative estimate of drug-likeness (QED) is 0.139. The first-order chi connectivity index (χ1) is 21.5. The molecule has 0 saturated carbocycles. The minimum absolute atomic E-state index is 0.00986. The number of fused-ring (bicyclic) bond motifs is 1. The molecular weight excluding hydrogens is 576 g/mol. The van der Waals surface area contributed by atoms with Gasteiger partial charge < -0.3 is 29.8 Å². The van der Waals surface area contributed by atoms with Crippen LogP contribution in [0.5, 0.6) is 0 Å². The van der Waals surface area contributed by atoms with Crippen LogP contribution in [0.15, 0.2) is 82.0 Å². The van der Waals surface area contributed by atoms with Crippen molar-refractivity contribution in [3.8, 4) is 0 Å². The molecule has 3 N–H and O–H groups in total. The van der Waals surface area contributed by atoms with E-state index in [2.05, 4.69) is 20.9 Å². The summed E-state index contributed by atoms with van der Waals surface area (Å²) in [4.78, 5) is 55.3. The molecular formula is C34H38N4O7. The van der Waals surface area contributed by atoms with Crippen LogP contribution < -0.4 is 21.6 Å². The van der Waals surface area contributed by atoms with Crippen LogP contribution in [-0.2, 0) is 32.1 Å². The Kier molecular flexibility index (Phi) is 10.9. The Morgan fingerprint density at radius 1 is 0.956 bits per heavy atom. The highest BCUT2D eigenvalue weighted by Gasteiger charge is 2.23. The molecule has 1 aromatic heterocycles. The SMILES string of the molecule is Cc1cc(NC(=O)[C@H](Cc2ccccc2)NC(=O)OCc2ccccc2)cc2nc(NCCCC(=O)OC(C)(C)C)oc(=O)c12. The van der Waals surface area contributed by atoms with Gasteiger partial charge in [0.25, 0.3) is 6.01 Å². The number of nitrogens with zero attached hydrogens (tertiary/aromatic N) is 1. The maximum absolute atomic E-state index is 13.5. The molecule has 11 heteroatoms. The minimum atomic E-state index is -0.956. The smallest absolute Gasteiger partial charge is 0.408 e. The van der Waals surface area contributed by atoms with Crippen LogP contribution in [0, 0.1) is 6.92 Å². The number of carbonyl (C=O) groups is 3. The summed E-state index contributed by atoms with van der Waals surface area (Å²) in [6.45, 7) is 7.50. The van der Waals surface area contributed by atoms with Crippen LogP contribution in [0.3, 0.4) is 0 Å². The minimum Gasteiger partial charge on any atom is -0.460 e. The standard InChI is InChI=1S/C34H38N4O7/c1-22-18-25(20-26-29(22)31(41)44-32(37-26)35-17-11-16-28(39)45-34(2,3)4)36-30(40)27(19-23-12-7-5-8-13-23)38-33(42)43-21-24-14-9-6-10-15-24/h5-10,12-15,18,20,27H,11,16-17,19,21H2,1-4H3,(H,35,37)(H,36,40)(H,38,42)/t27-/m0/s1. The molecule has 0 fully saturated rings. The molecule has 4 rings (SSSR count). The molecule has 0 spiro atoms. The number of anilines is 2. The molecule has 0 radical (unpaired) electrons. The summed E-state index contributed by atoms with van der Waals surface area (Å²) in [5.41, 5.74) is 1.76. The zero-order chi connectivity index (χ0) is 32.4. The number of amides is 2. The van der Waals surface area contributed by atoms with Gasteiger partial charge in [0.15, 0.2) is 0 Å². The predicted molar refractivity (Wildman–Crippen MR) is 171 cm³/mol. The van der Waals surface area contributed by atoms with Gasteiger partial charge in [-0.1, -0.05) is 60.7 Å².